The summed E-state index contributed by atoms with van der Waals surface area (Å²) in [4.78, 5) is 0. The maximum atomic E-state index is 2.62. The molecule has 6 aromatic carbocycles. The minimum Gasteiger partial charge on any atom is -0.309 e. The van der Waals surface area contributed by atoms with E-state index >= 15 is 0 Å². The molecule has 0 saturated heterocycles. The van der Waals surface area contributed by atoms with Gasteiger partial charge in [0.05, 0.1) is 11.0 Å². The molecule has 0 unspecified atom stereocenters. The fraction of sp³-hybridized carbons (Fsp3) is 0.200. The van der Waals surface area contributed by atoms with Gasteiger partial charge in [-0.05, 0) is 117 Å². The summed E-state index contributed by atoms with van der Waals surface area (Å²) >= 11 is 0. The van der Waals surface area contributed by atoms with Crippen LogP contribution in [-0.2, 0) is 10.8 Å². The lowest BCUT2D eigenvalue weighted by Crippen LogP contribution is -2.28. The van der Waals surface area contributed by atoms with Crippen molar-refractivity contribution >= 4 is 21.8 Å². The summed E-state index contributed by atoms with van der Waals surface area (Å²) in [6.07, 6.45) is 6.55. The number of hydrogen-bond donors (Lipinski definition) is 0. The minimum atomic E-state index is -0.0690. The number of fused-ring (bicyclic) bond motifs is 11. The molecule has 0 atom stereocenters. The highest BCUT2D eigenvalue weighted by molar-refractivity contribution is 6.10. The smallest absolute Gasteiger partial charge is 0.0541 e. The molecule has 1 spiro atoms. The van der Waals surface area contributed by atoms with Crippen molar-refractivity contribution in [3.05, 3.63) is 150 Å². The summed E-state index contributed by atoms with van der Waals surface area (Å²) in [7, 11) is 0. The average Bonchev–Trinajstić information content (AvgIpc) is 3.66. The summed E-state index contributed by atoms with van der Waals surface area (Å²) in [6, 6.07) is 48.3. The summed E-state index contributed by atoms with van der Waals surface area (Å²) in [5, 5.41) is 2.59. The third-order valence-electron chi connectivity index (χ3n) is 11.8. The van der Waals surface area contributed by atoms with Crippen molar-refractivity contribution in [2.45, 2.75) is 56.8 Å². The van der Waals surface area contributed by atoms with Crippen LogP contribution >= 0.6 is 0 Å². The lowest BCUT2D eigenvalue weighted by Gasteiger charge is -2.36. The van der Waals surface area contributed by atoms with Gasteiger partial charge in [-0.1, -0.05) is 112 Å². The third kappa shape index (κ3) is 3.41. The number of hydrogen-bond acceptors (Lipinski definition) is 0. The normalized spacial score (nSPS) is 16.8. The van der Waals surface area contributed by atoms with Crippen LogP contribution in [0.25, 0.3) is 60.9 Å². The van der Waals surface area contributed by atoms with Gasteiger partial charge in [0, 0.05) is 27.3 Å². The average molecular weight is 592 g/mol. The van der Waals surface area contributed by atoms with E-state index in [1.807, 2.05) is 0 Å². The Balaban J connectivity index is 1.12. The Morgan fingerprint density at radius 2 is 1.09 bits per heavy atom. The van der Waals surface area contributed by atoms with E-state index < -0.39 is 0 Å². The van der Waals surface area contributed by atoms with E-state index in [4.69, 9.17) is 0 Å². The molecule has 0 radical (unpaired) electrons. The molecule has 0 amide bonds. The van der Waals surface area contributed by atoms with E-state index in [1.54, 1.807) is 11.1 Å². The van der Waals surface area contributed by atoms with Crippen molar-refractivity contribution in [3.63, 3.8) is 0 Å². The zero-order chi connectivity index (χ0) is 30.6. The second kappa shape index (κ2) is 9.33. The first kappa shape index (κ1) is 26.3. The molecular formula is C45H37N. The van der Waals surface area contributed by atoms with Gasteiger partial charge in [-0.2, -0.15) is 0 Å². The molecule has 0 aliphatic heterocycles. The standard InChI is InChI=1S/C45H37N/c1-44(2)39-26-30(29-20-22-43-37(25-29)34-16-8-10-18-42(34)46(43)31-13-5-3-6-14-31)19-21-33(39)35-28-41-36(27-40(35)44)32-15-7-9-17-38(32)45(41)23-11-4-12-24-45/h3,5-10,13-22,25-28H,4,11-12,23-24H2,1-2H3. The molecule has 10 rings (SSSR count). The highest BCUT2D eigenvalue weighted by Gasteiger charge is 2.46. The van der Waals surface area contributed by atoms with Crippen LogP contribution in [0.15, 0.2) is 127 Å². The van der Waals surface area contributed by atoms with E-state index in [9.17, 15) is 0 Å². The Morgan fingerprint density at radius 3 is 1.96 bits per heavy atom. The summed E-state index contributed by atoms with van der Waals surface area (Å²) in [6.45, 7) is 4.86. The van der Waals surface area contributed by atoms with Gasteiger partial charge in [-0.15, -0.1) is 0 Å². The van der Waals surface area contributed by atoms with Crippen molar-refractivity contribution in [1.29, 1.82) is 0 Å². The van der Waals surface area contributed by atoms with Gasteiger partial charge < -0.3 is 4.57 Å². The van der Waals surface area contributed by atoms with Crippen LogP contribution in [-0.4, -0.2) is 4.57 Å². The van der Waals surface area contributed by atoms with E-state index in [1.165, 1.54) is 104 Å². The minimum absolute atomic E-state index is 0.0690. The molecule has 1 saturated carbocycles. The fourth-order valence-electron chi connectivity index (χ4n) is 9.56. The molecule has 0 bridgehead atoms. The third-order valence-corrected chi connectivity index (χ3v) is 11.8. The Kier molecular flexibility index (Phi) is 5.34. The summed E-state index contributed by atoms with van der Waals surface area (Å²) in [5.74, 6) is 0. The molecule has 1 heterocycles. The lowest BCUT2D eigenvalue weighted by molar-refractivity contribution is 0.353. The van der Waals surface area contributed by atoms with Gasteiger partial charge in [0.15, 0.2) is 0 Å². The van der Waals surface area contributed by atoms with Gasteiger partial charge in [-0.3, -0.25) is 0 Å². The molecule has 46 heavy (non-hydrogen) atoms. The number of aromatic nitrogens is 1. The Labute approximate surface area is 271 Å². The number of rotatable bonds is 2. The van der Waals surface area contributed by atoms with Crippen molar-refractivity contribution < 1.29 is 0 Å². The largest absolute Gasteiger partial charge is 0.309 e. The first-order chi connectivity index (χ1) is 22.5. The van der Waals surface area contributed by atoms with Crippen LogP contribution < -0.4 is 0 Å². The Morgan fingerprint density at radius 1 is 0.457 bits per heavy atom. The SMILES string of the molecule is CC1(C)c2cc(-c3ccc4c(c3)c3ccccc3n4-c3ccccc3)ccc2-c2cc3c(cc21)-c1ccccc1C31CCCCC1. The zero-order valence-corrected chi connectivity index (χ0v) is 26.6. The number of para-hydroxylation sites is 2. The van der Waals surface area contributed by atoms with Gasteiger partial charge in [-0.25, -0.2) is 0 Å². The quantitative estimate of drug-likeness (QED) is 0.188. The molecule has 3 aliphatic rings. The highest BCUT2D eigenvalue weighted by Crippen LogP contribution is 2.59. The van der Waals surface area contributed by atoms with Crippen LogP contribution in [0.2, 0.25) is 0 Å². The molecule has 1 heteroatoms. The molecule has 1 fully saturated rings. The first-order valence-electron chi connectivity index (χ1n) is 17.1. The van der Waals surface area contributed by atoms with E-state index in [0.29, 0.717) is 0 Å². The van der Waals surface area contributed by atoms with Crippen LogP contribution in [0.1, 0.15) is 68.2 Å². The van der Waals surface area contributed by atoms with Gasteiger partial charge in [0.2, 0.25) is 0 Å². The van der Waals surface area contributed by atoms with Crippen molar-refractivity contribution in [2.75, 3.05) is 0 Å². The molecule has 3 aliphatic carbocycles. The zero-order valence-electron chi connectivity index (χ0n) is 26.6. The van der Waals surface area contributed by atoms with E-state index in [-0.39, 0.29) is 10.8 Å². The number of benzene rings is 6. The topological polar surface area (TPSA) is 4.93 Å². The summed E-state index contributed by atoms with van der Waals surface area (Å²) < 4.78 is 2.40. The van der Waals surface area contributed by atoms with Crippen molar-refractivity contribution in [1.82, 2.24) is 4.57 Å². The molecule has 1 nitrogen and oxygen atoms in total. The molecule has 1 aromatic heterocycles. The van der Waals surface area contributed by atoms with E-state index in [0.717, 1.165) is 0 Å². The monoisotopic (exact) mass is 591 g/mol. The van der Waals surface area contributed by atoms with Gasteiger partial charge >= 0.3 is 0 Å². The predicted molar refractivity (Wildman–Crippen MR) is 193 cm³/mol. The van der Waals surface area contributed by atoms with Crippen LogP contribution in [0, 0.1) is 0 Å². The van der Waals surface area contributed by atoms with Crippen molar-refractivity contribution in [2.24, 2.45) is 0 Å². The van der Waals surface area contributed by atoms with Crippen LogP contribution in [0.5, 0.6) is 0 Å². The van der Waals surface area contributed by atoms with Gasteiger partial charge in [0.25, 0.3) is 0 Å². The van der Waals surface area contributed by atoms with Gasteiger partial charge in [0.1, 0.15) is 0 Å². The fourth-order valence-corrected chi connectivity index (χ4v) is 9.56. The van der Waals surface area contributed by atoms with Crippen LogP contribution in [0.4, 0.5) is 0 Å². The highest BCUT2D eigenvalue weighted by atomic mass is 15.0. The van der Waals surface area contributed by atoms with Crippen LogP contribution in [0.3, 0.4) is 0 Å². The Hall–Kier alpha value is -4.88. The first-order valence-corrected chi connectivity index (χ1v) is 17.1. The van der Waals surface area contributed by atoms with Crippen molar-refractivity contribution in [3.8, 4) is 39.1 Å². The predicted octanol–water partition coefficient (Wildman–Crippen LogP) is 12.0. The molecule has 0 N–H and O–H groups in total. The molecule has 222 valence electrons. The summed E-state index contributed by atoms with van der Waals surface area (Å²) in [5.41, 5.74) is 18.3. The number of nitrogens with zero attached hydrogens (tertiary/aromatic N) is 1. The lowest BCUT2D eigenvalue weighted by atomic mass is 9.67. The molecule has 7 aromatic rings. The Bertz CT molecular complexity index is 2360. The second-order valence-electron chi connectivity index (χ2n) is 14.4. The maximum Gasteiger partial charge on any atom is 0.0541 e. The molecular weight excluding hydrogens is 555 g/mol. The van der Waals surface area contributed by atoms with E-state index in [2.05, 4.69) is 146 Å². The second-order valence-corrected chi connectivity index (χ2v) is 14.4. The maximum absolute atomic E-state index is 2.62.